The molecule has 2 rings (SSSR count). The van der Waals surface area contributed by atoms with Gasteiger partial charge in [0.15, 0.2) is 0 Å². The van der Waals surface area contributed by atoms with Gasteiger partial charge in [0.05, 0.1) is 18.6 Å². The van der Waals surface area contributed by atoms with Crippen LogP contribution in [-0.2, 0) is 9.47 Å². The average molecular weight is 271 g/mol. The summed E-state index contributed by atoms with van der Waals surface area (Å²) in [4.78, 5) is 0. The predicted molar refractivity (Wildman–Crippen MR) is 71.5 cm³/mol. The van der Waals surface area contributed by atoms with Crippen molar-refractivity contribution in [3.63, 3.8) is 0 Å². The van der Waals surface area contributed by atoms with Crippen LogP contribution in [0, 0.1) is 6.92 Å². The van der Waals surface area contributed by atoms with Crippen LogP contribution in [0.2, 0.25) is 0 Å². The molecule has 1 fully saturated rings. The van der Waals surface area contributed by atoms with Crippen molar-refractivity contribution >= 4 is 11.6 Å². The van der Waals surface area contributed by atoms with Gasteiger partial charge in [-0.15, -0.1) is 11.6 Å². The number of hydrogen-bond donors (Lipinski definition) is 0. The lowest BCUT2D eigenvalue weighted by atomic mass is 9.91. The quantitative estimate of drug-likeness (QED) is 0.588. The predicted octanol–water partition coefficient (Wildman–Crippen LogP) is 2.79. The first-order valence-corrected chi connectivity index (χ1v) is 6.63. The smallest absolute Gasteiger partial charge is 0.128 e. The van der Waals surface area contributed by atoms with Crippen LogP contribution in [0.3, 0.4) is 0 Å². The van der Waals surface area contributed by atoms with Crippen LogP contribution in [0.1, 0.15) is 12.0 Å². The van der Waals surface area contributed by atoms with Crippen LogP contribution in [0.25, 0.3) is 0 Å². The summed E-state index contributed by atoms with van der Waals surface area (Å²) in [5.41, 5.74) is 1.13. The summed E-state index contributed by atoms with van der Waals surface area (Å²) < 4.78 is 16.6. The van der Waals surface area contributed by atoms with E-state index in [-0.39, 0.29) is 17.6 Å². The highest BCUT2D eigenvalue weighted by atomic mass is 35.5. The molecule has 3 atom stereocenters. The largest absolute Gasteiger partial charge is 0.487 e. The summed E-state index contributed by atoms with van der Waals surface area (Å²) in [5.74, 6) is 0.909. The van der Waals surface area contributed by atoms with Gasteiger partial charge in [-0.3, -0.25) is 0 Å². The van der Waals surface area contributed by atoms with Gasteiger partial charge in [-0.05, 0) is 18.6 Å². The van der Waals surface area contributed by atoms with Crippen LogP contribution in [-0.4, -0.2) is 37.9 Å². The molecule has 0 amide bonds. The van der Waals surface area contributed by atoms with Crippen molar-refractivity contribution in [2.75, 3.05) is 20.3 Å². The Balaban J connectivity index is 1.88. The lowest BCUT2D eigenvalue weighted by molar-refractivity contribution is -0.0900. The molecule has 0 spiro atoms. The third-order valence-corrected chi connectivity index (χ3v) is 3.58. The molecule has 1 saturated carbocycles. The molecule has 1 aliphatic carbocycles. The number of methoxy groups -OCH3 is 1. The van der Waals surface area contributed by atoms with Gasteiger partial charge in [0.25, 0.3) is 0 Å². The zero-order chi connectivity index (χ0) is 13.0. The second kappa shape index (κ2) is 6.41. The fourth-order valence-electron chi connectivity index (χ4n) is 1.97. The highest BCUT2D eigenvalue weighted by Crippen LogP contribution is 2.33. The van der Waals surface area contributed by atoms with E-state index in [1.807, 2.05) is 31.2 Å². The Morgan fingerprint density at radius 1 is 1.28 bits per heavy atom. The molecule has 1 aromatic rings. The van der Waals surface area contributed by atoms with Crippen LogP contribution >= 0.6 is 11.6 Å². The Morgan fingerprint density at radius 3 is 2.72 bits per heavy atom. The number of aryl methyl sites for hydroxylation is 1. The standard InChI is InChI=1S/C14H19ClO3/c1-10-5-3-4-6-12(10)18-13-9-11(15)14(13)17-8-7-16-2/h3-6,11,13-14H,7-9H2,1-2H3. The number of benzene rings is 1. The van der Waals surface area contributed by atoms with E-state index >= 15 is 0 Å². The van der Waals surface area contributed by atoms with E-state index in [0.717, 1.165) is 17.7 Å². The van der Waals surface area contributed by atoms with Gasteiger partial charge in [-0.2, -0.15) is 0 Å². The molecule has 0 aliphatic heterocycles. The van der Waals surface area contributed by atoms with Crippen LogP contribution in [0.4, 0.5) is 0 Å². The first-order chi connectivity index (χ1) is 8.72. The number of ether oxygens (including phenoxy) is 3. The molecule has 0 bridgehead atoms. The van der Waals surface area contributed by atoms with E-state index in [1.165, 1.54) is 0 Å². The number of para-hydroxylation sites is 1. The summed E-state index contributed by atoms with van der Waals surface area (Å²) in [6.45, 7) is 3.17. The molecule has 1 aliphatic rings. The molecular weight excluding hydrogens is 252 g/mol. The summed E-state index contributed by atoms with van der Waals surface area (Å²) in [6.07, 6.45) is 0.833. The van der Waals surface area contributed by atoms with Crippen molar-refractivity contribution in [2.45, 2.75) is 30.9 Å². The summed E-state index contributed by atoms with van der Waals surface area (Å²) >= 11 is 6.15. The fraction of sp³-hybridized carbons (Fsp3) is 0.571. The van der Waals surface area contributed by atoms with Crippen molar-refractivity contribution in [1.82, 2.24) is 0 Å². The molecular formula is C14H19ClO3. The topological polar surface area (TPSA) is 27.7 Å². The van der Waals surface area contributed by atoms with Crippen LogP contribution in [0.15, 0.2) is 24.3 Å². The Labute approximate surface area is 113 Å². The van der Waals surface area contributed by atoms with Crippen LogP contribution in [0.5, 0.6) is 5.75 Å². The molecule has 4 heteroatoms. The Bertz CT molecular complexity index is 383. The van der Waals surface area contributed by atoms with E-state index in [1.54, 1.807) is 7.11 Å². The van der Waals surface area contributed by atoms with Gasteiger partial charge < -0.3 is 14.2 Å². The van der Waals surface area contributed by atoms with Gasteiger partial charge in [-0.25, -0.2) is 0 Å². The number of hydrogen-bond acceptors (Lipinski definition) is 3. The maximum absolute atomic E-state index is 6.15. The maximum atomic E-state index is 6.15. The minimum Gasteiger partial charge on any atom is -0.487 e. The molecule has 0 N–H and O–H groups in total. The first-order valence-electron chi connectivity index (χ1n) is 6.19. The summed E-state index contributed by atoms with van der Waals surface area (Å²) in [5, 5.41) is 0.0378. The van der Waals surface area contributed by atoms with Gasteiger partial charge in [0, 0.05) is 13.5 Å². The summed E-state index contributed by atoms with van der Waals surface area (Å²) in [6, 6.07) is 7.98. The van der Waals surface area contributed by atoms with E-state index in [2.05, 4.69) is 0 Å². The third kappa shape index (κ3) is 3.16. The molecule has 0 radical (unpaired) electrons. The van der Waals surface area contributed by atoms with Crippen molar-refractivity contribution < 1.29 is 14.2 Å². The van der Waals surface area contributed by atoms with Crippen molar-refractivity contribution in [3.8, 4) is 5.75 Å². The van der Waals surface area contributed by atoms with Gasteiger partial charge in [0.2, 0.25) is 0 Å². The Kier molecular flexibility index (Phi) is 4.87. The fourth-order valence-corrected chi connectivity index (χ4v) is 2.38. The SMILES string of the molecule is COCCOC1C(Cl)CC1Oc1ccccc1C. The van der Waals surface area contributed by atoms with Crippen LogP contribution < -0.4 is 4.74 Å². The summed E-state index contributed by atoms with van der Waals surface area (Å²) in [7, 11) is 1.66. The molecule has 3 unspecified atom stereocenters. The molecule has 18 heavy (non-hydrogen) atoms. The Hall–Kier alpha value is -0.770. The number of halogens is 1. The van der Waals surface area contributed by atoms with Gasteiger partial charge >= 0.3 is 0 Å². The minimum absolute atomic E-state index is 0.0378. The second-order valence-corrected chi connectivity index (χ2v) is 5.06. The van der Waals surface area contributed by atoms with Crippen molar-refractivity contribution in [1.29, 1.82) is 0 Å². The molecule has 1 aromatic carbocycles. The lowest BCUT2D eigenvalue weighted by Gasteiger charge is -2.40. The van der Waals surface area contributed by atoms with Crippen molar-refractivity contribution in [2.24, 2.45) is 0 Å². The Morgan fingerprint density at radius 2 is 2.06 bits per heavy atom. The number of rotatable bonds is 6. The molecule has 0 saturated heterocycles. The highest BCUT2D eigenvalue weighted by molar-refractivity contribution is 6.21. The number of alkyl halides is 1. The maximum Gasteiger partial charge on any atom is 0.128 e. The third-order valence-electron chi connectivity index (χ3n) is 3.15. The van der Waals surface area contributed by atoms with Crippen molar-refractivity contribution in [3.05, 3.63) is 29.8 Å². The van der Waals surface area contributed by atoms with Gasteiger partial charge in [0.1, 0.15) is 18.0 Å². The zero-order valence-corrected chi connectivity index (χ0v) is 11.5. The zero-order valence-electron chi connectivity index (χ0n) is 10.8. The second-order valence-electron chi connectivity index (χ2n) is 4.50. The lowest BCUT2D eigenvalue weighted by Crippen LogP contribution is -2.53. The van der Waals surface area contributed by atoms with Gasteiger partial charge in [-0.1, -0.05) is 18.2 Å². The average Bonchev–Trinajstić information content (AvgIpc) is 2.36. The normalized spacial score (nSPS) is 26.7. The molecule has 0 aromatic heterocycles. The van der Waals surface area contributed by atoms with E-state index in [9.17, 15) is 0 Å². The van der Waals surface area contributed by atoms with E-state index in [4.69, 9.17) is 25.8 Å². The van der Waals surface area contributed by atoms with E-state index in [0.29, 0.717) is 13.2 Å². The molecule has 0 heterocycles. The minimum atomic E-state index is -0.0403. The monoisotopic (exact) mass is 270 g/mol. The first kappa shape index (κ1) is 13.7. The molecule has 100 valence electrons. The molecule has 3 nitrogen and oxygen atoms in total. The highest BCUT2D eigenvalue weighted by Gasteiger charge is 2.42. The van der Waals surface area contributed by atoms with E-state index < -0.39 is 0 Å².